The van der Waals surface area contributed by atoms with E-state index >= 15 is 0 Å². The summed E-state index contributed by atoms with van der Waals surface area (Å²) in [5, 5.41) is 14.8. The van der Waals surface area contributed by atoms with Gasteiger partial charge >= 0.3 is 0 Å². The zero-order valence-corrected chi connectivity index (χ0v) is 19.2. The van der Waals surface area contributed by atoms with Crippen molar-refractivity contribution in [3.05, 3.63) is 83.2 Å². The SMILES string of the molecule is CN(CCc1cnn(C)c1)Cc1ccccc1OCC(O)CN1CCc2ccccc2C1. The highest BCUT2D eigenvalue weighted by atomic mass is 16.5. The highest BCUT2D eigenvalue weighted by molar-refractivity contribution is 5.33. The second-order valence-electron chi connectivity index (χ2n) is 8.84. The lowest BCUT2D eigenvalue weighted by Gasteiger charge is -2.30. The molecule has 0 saturated heterocycles. The van der Waals surface area contributed by atoms with E-state index in [1.807, 2.05) is 36.1 Å². The van der Waals surface area contributed by atoms with Crippen molar-refractivity contribution in [1.29, 1.82) is 0 Å². The van der Waals surface area contributed by atoms with Gasteiger partial charge in [0.1, 0.15) is 18.5 Å². The first-order chi connectivity index (χ1) is 15.6. The number of benzene rings is 2. The van der Waals surface area contributed by atoms with Crippen LogP contribution in [0.1, 0.15) is 22.3 Å². The van der Waals surface area contributed by atoms with Gasteiger partial charge in [0, 0.05) is 51.5 Å². The normalized spacial score (nSPS) is 15.0. The Morgan fingerprint density at radius 3 is 2.72 bits per heavy atom. The number of fused-ring (bicyclic) bond motifs is 1. The molecule has 1 aromatic heterocycles. The molecule has 32 heavy (non-hydrogen) atoms. The van der Waals surface area contributed by atoms with E-state index in [4.69, 9.17) is 4.74 Å². The molecule has 0 spiro atoms. The molecule has 1 aliphatic rings. The Morgan fingerprint density at radius 2 is 1.91 bits per heavy atom. The van der Waals surface area contributed by atoms with Gasteiger partial charge < -0.3 is 14.7 Å². The topological polar surface area (TPSA) is 53.8 Å². The summed E-state index contributed by atoms with van der Waals surface area (Å²) in [6.45, 7) is 4.54. The van der Waals surface area contributed by atoms with E-state index in [9.17, 15) is 5.11 Å². The molecule has 3 aromatic rings. The van der Waals surface area contributed by atoms with Gasteiger partial charge in [-0.2, -0.15) is 5.10 Å². The number of likely N-dealkylation sites (N-methyl/N-ethyl adjacent to an activating group) is 1. The predicted molar refractivity (Wildman–Crippen MR) is 127 cm³/mol. The number of hydrogen-bond donors (Lipinski definition) is 1. The van der Waals surface area contributed by atoms with Crippen molar-refractivity contribution in [1.82, 2.24) is 19.6 Å². The number of aryl methyl sites for hydroxylation is 1. The van der Waals surface area contributed by atoms with E-state index in [0.29, 0.717) is 13.2 Å². The summed E-state index contributed by atoms with van der Waals surface area (Å²) in [7, 11) is 4.07. The predicted octanol–water partition coefficient (Wildman–Crippen LogP) is 2.89. The Labute approximate surface area is 191 Å². The third-order valence-electron chi connectivity index (χ3n) is 6.06. The molecular weight excluding hydrogens is 400 g/mol. The summed E-state index contributed by atoms with van der Waals surface area (Å²) in [5.74, 6) is 0.851. The highest BCUT2D eigenvalue weighted by Gasteiger charge is 2.19. The molecular formula is C26H34N4O2. The van der Waals surface area contributed by atoms with Crippen LogP contribution in [-0.4, -0.2) is 64.1 Å². The fourth-order valence-corrected chi connectivity index (χ4v) is 4.31. The third kappa shape index (κ3) is 6.19. The standard InChI is InChI=1S/C26H34N4O2/c1-28(13-11-21-15-27-29(2)16-21)17-24-9-5-6-10-26(24)32-20-25(31)19-30-14-12-22-7-3-4-8-23(22)18-30/h3-10,15-16,25,31H,11-14,17-20H2,1-2H3. The number of para-hydroxylation sites is 1. The van der Waals surface area contributed by atoms with E-state index in [0.717, 1.165) is 50.3 Å². The van der Waals surface area contributed by atoms with E-state index in [2.05, 4.69) is 58.5 Å². The number of aromatic nitrogens is 2. The van der Waals surface area contributed by atoms with E-state index in [1.54, 1.807) is 0 Å². The summed E-state index contributed by atoms with van der Waals surface area (Å²) in [5.41, 5.74) is 5.18. The van der Waals surface area contributed by atoms with Gasteiger partial charge in [-0.05, 0) is 42.6 Å². The number of β-amino-alcohol motifs (C(OH)–C–C–N with tert-alkyl or cyclic N) is 1. The molecule has 1 N–H and O–H groups in total. The number of aliphatic hydroxyl groups is 1. The van der Waals surface area contributed by atoms with Gasteiger partial charge in [0.2, 0.25) is 0 Å². The van der Waals surface area contributed by atoms with Gasteiger partial charge in [-0.3, -0.25) is 9.58 Å². The summed E-state index contributed by atoms with van der Waals surface area (Å²) < 4.78 is 7.90. The minimum Gasteiger partial charge on any atom is -0.491 e. The molecule has 4 rings (SSSR count). The number of hydrogen-bond acceptors (Lipinski definition) is 5. The summed E-state index contributed by atoms with van der Waals surface area (Å²) in [6.07, 6.45) is 5.47. The fourth-order valence-electron chi connectivity index (χ4n) is 4.31. The smallest absolute Gasteiger partial charge is 0.123 e. The maximum Gasteiger partial charge on any atom is 0.123 e. The molecule has 6 heteroatoms. The number of ether oxygens (including phenoxy) is 1. The van der Waals surface area contributed by atoms with Crippen LogP contribution in [0.5, 0.6) is 5.75 Å². The molecule has 1 aliphatic heterocycles. The lowest BCUT2D eigenvalue weighted by Crippen LogP contribution is -2.38. The Morgan fingerprint density at radius 1 is 1.12 bits per heavy atom. The second kappa shape index (κ2) is 10.8. The molecule has 0 amide bonds. The van der Waals surface area contributed by atoms with Crippen LogP contribution in [0, 0.1) is 0 Å². The fraction of sp³-hybridized carbons (Fsp3) is 0.423. The summed E-state index contributed by atoms with van der Waals surface area (Å²) in [6, 6.07) is 16.7. The van der Waals surface area contributed by atoms with Gasteiger partial charge in [0.05, 0.1) is 6.20 Å². The van der Waals surface area contributed by atoms with E-state index in [1.165, 1.54) is 16.7 Å². The van der Waals surface area contributed by atoms with E-state index in [-0.39, 0.29) is 0 Å². The molecule has 0 bridgehead atoms. The van der Waals surface area contributed by atoms with Crippen LogP contribution in [0.2, 0.25) is 0 Å². The highest BCUT2D eigenvalue weighted by Crippen LogP contribution is 2.21. The largest absolute Gasteiger partial charge is 0.491 e. The van der Waals surface area contributed by atoms with Crippen LogP contribution in [0.4, 0.5) is 0 Å². The maximum absolute atomic E-state index is 10.6. The van der Waals surface area contributed by atoms with Crippen molar-refractivity contribution in [2.75, 3.05) is 33.3 Å². The van der Waals surface area contributed by atoms with Crippen molar-refractivity contribution < 1.29 is 9.84 Å². The molecule has 0 radical (unpaired) electrons. The summed E-state index contributed by atoms with van der Waals surface area (Å²) >= 11 is 0. The first-order valence-electron chi connectivity index (χ1n) is 11.4. The zero-order valence-electron chi connectivity index (χ0n) is 19.2. The Balaban J connectivity index is 1.25. The molecule has 2 aromatic carbocycles. The van der Waals surface area contributed by atoms with Crippen LogP contribution in [-0.2, 0) is 33.0 Å². The van der Waals surface area contributed by atoms with E-state index < -0.39 is 6.10 Å². The number of aliphatic hydroxyl groups excluding tert-OH is 1. The van der Waals surface area contributed by atoms with Crippen molar-refractivity contribution >= 4 is 0 Å². The van der Waals surface area contributed by atoms with Gasteiger partial charge in [0.15, 0.2) is 0 Å². The minimum absolute atomic E-state index is 0.300. The molecule has 2 heterocycles. The maximum atomic E-state index is 10.6. The molecule has 1 atom stereocenters. The lowest BCUT2D eigenvalue weighted by atomic mass is 10.00. The van der Waals surface area contributed by atoms with Crippen LogP contribution < -0.4 is 4.74 Å². The second-order valence-corrected chi connectivity index (χ2v) is 8.84. The van der Waals surface area contributed by atoms with Gasteiger partial charge in [-0.1, -0.05) is 42.5 Å². The Hall–Kier alpha value is -2.67. The van der Waals surface area contributed by atoms with Gasteiger partial charge in [-0.25, -0.2) is 0 Å². The molecule has 0 saturated carbocycles. The molecule has 170 valence electrons. The monoisotopic (exact) mass is 434 g/mol. The molecule has 6 nitrogen and oxygen atoms in total. The van der Waals surface area contributed by atoms with Crippen molar-refractivity contribution in [2.24, 2.45) is 7.05 Å². The van der Waals surface area contributed by atoms with Gasteiger partial charge in [-0.15, -0.1) is 0 Å². The van der Waals surface area contributed by atoms with Gasteiger partial charge in [0.25, 0.3) is 0 Å². The van der Waals surface area contributed by atoms with Crippen LogP contribution in [0.3, 0.4) is 0 Å². The Bertz CT molecular complexity index is 1000. The minimum atomic E-state index is -0.517. The number of rotatable bonds is 10. The lowest BCUT2D eigenvalue weighted by molar-refractivity contribution is 0.0632. The average Bonchev–Trinajstić information content (AvgIpc) is 3.22. The van der Waals surface area contributed by atoms with Crippen molar-refractivity contribution in [3.8, 4) is 5.75 Å². The first kappa shape index (κ1) is 22.5. The van der Waals surface area contributed by atoms with Crippen LogP contribution in [0.15, 0.2) is 60.9 Å². The third-order valence-corrected chi connectivity index (χ3v) is 6.06. The molecule has 0 fully saturated rings. The van der Waals surface area contributed by atoms with Crippen molar-refractivity contribution in [2.45, 2.75) is 32.0 Å². The van der Waals surface area contributed by atoms with Crippen LogP contribution in [0.25, 0.3) is 0 Å². The average molecular weight is 435 g/mol. The quantitative estimate of drug-likeness (QED) is 0.532. The number of nitrogens with zero attached hydrogens (tertiary/aromatic N) is 4. The van der Waals surface area contributed by atoms with Crippen molar-refractivity contribution in [3.63, 3.8) is 0 Å². The first-order valence-corrected chi connectivity index (χ1v) is 11.4. The summed E-state index contributed by atoms with van der Waals surface area (Å²) in [4.78, 5) is 4.60. The Kier molecular flexibility index (Phi) is 7.58. The van der Waals surface area contributed by atoms with Crippen LogP contribution >= 0.6 is 0 Å². The zero-order chi connectivity index (χ0) is 22.3. The molecule has 0 aliphatic carbocycles. The molecule has 1 unspecified atom stereocenters.